The summed E-state index contributed by atoms with van der Waals surface area (Å²) in [6.07, 6.45) is 0.369. The molecule has 7 heteroatoms. The fraction of sp³-hybridized carbons (Fsp3) is 0.182. The summed E-state index contributed by atoms with van der Waals surface area (Å²) in [6.45, 7) is 1.82. The quantitative estimate of drug-likeness (QED) is 0.489. The highest BCUT2D eigenvalue weighted by molar-refractivity contribution is 6.08. The zero-order valence-electron chi connectivity index (χ0n) is 15.9. The lowest BCUT2D eigenvalue weighted by molar-refractivity contribution is -0.119. The predicted octanol–water partition coefficient (Wildman–Crippen LogP) is 4.90. The molecule has 0 aliphatic heterocycles. The lowest BCUT2D eigenvalue weighted by atomic mass is 10.1. The SMILES string of the molecule is CCC(C(=O)Nc1ccccc1F)n1c(C(=O)OC)cc2oc3ccccc3c21. The molecule has 0 aliphatic rings. The van der Waals surface area contributed by atoms with E-state index in [0.717, 1.165) is 5.39 Å². The predicted molar refractivity (Wildman–Crippen MR) is 107 cm³/mol. The number of methoxy groups -OCH3 is 1. The second-order valence-electron chi connectivity index (χ2n) is 6.60. The van der Waals surface area contributed by atoms with Crippen LogP contribution in [0.25, 0.3) is 22.1 Å². The Kier molecular flexibility index (Phi) is 4.80. The number of carbonyl (C=O) groups excluding carboxylic acids is 2. The standard InChI is InChI=1S/C22H19FN2O4/c1-3-16(21(26)24-15-10-6-5-9-14(15)23)25-17(22(27)28-2)12-19-20(25)13-8-4-7-11-18(13)29-19/h4-12,16H,3H2,1-2H3,(H,24,26). The minimum absolute atomic E-state index is 0.0796. The molecule has 29 heavy (non-hydrogen) atoms. The third-order valence-corrected chi connectivity index (χ3v) is 4.89. The zero-order chi connectivity index (χ0) is 20.5. The van der Waals surface area contributed by atoms with Gasteiger partial charge in [-0.15, -0.1) is 0 Å². The van der Waals surface area contributed by atoms with Crippen molar-refractivity contribution in [3.05, 3.63) is 66.1 Å². The maximum atomic E-state index is 14.0. The summed E-state index contributed by atoms with van der Waals surface area (Å²) in [7, 11) is 1.28. The van der Waals surface area contributed by atoms with Crippen molar-refractivity contribution in [3.8, 4) is 0 Å². The number of hydrogen-bond donors (Lipinski definition) is 1. The number of halogens is 1. The summed E-state index contributed by atoms with van der Waals surface area (Å²) in [5.74, 6) is -1.56. The molecule has 0 fully saturated rings. The van der Waals surface area contributed by atoms with E-state index in [2.05, 4.69) is 5.32 Å². The summed E-state index contributed by atoms with van der Waals surface area (Å²) in [6, 6.07) is 14.1. The fourth-order valence-electron chi connectivity index (χ4n) is 3.56. The Balaban J connectivity index is 1.87. The first kappa shape index (κ1) is 18.7. The van der Waals surface area contributed by atoms with E-state index < -0.39 is 23.7 Å². The molecule has 2 aromatic heterocycles. The van der Waals surface area contributed by atoms with Crippen molar-refractivity contribution in [2.45, 2.75) is 19.4 Å². The Morgan fingerprint density at radius 2 is 1.86 bits per heavy atom. The van der Waals surface area contributed by atoms with E-state index in [9.17, 15) is 14.0 Å². The average molecular weight is 394 g/mol. The van der Waals surface area contributed by atoms with Crippen LogP contribution >= 0.6 is 0 Å². The molecular formula is C22H19FN2O4. The minimum atomic E-state index is -0.776. The summed E-state index contributed by atoms with van der Waals surface area (Å²) in [4.78, 5) is 25.5. The van der Waals surface area contributed by atoms with Gasteiger partial charge in [-0.25, -0.2) is 9.18 Å². The van der Waals surface area contributed by atoms with Crippen LogP contribution in [0.15, 0.2) is 59.0 Å². The number of amides is 1. The van der Waals surface area contributed by atoms with Gasteiger partial charge in [-0.2, -0.15) is 0 Å². The van der Waals surface area contributed by atoms with Gasteiger partial charge >= 0.3 is 5.97 Å². The number of hydrogen-bond acceptors (Lipinski definition) is 4. The second-order valence-corrected chi connectivity index (χ2v) is 6.60. The highest BCUT2D eigenvalue weighted by atomic mass is 19.1. The first-order valence-corrected chi connectivity index (χ1v) is 9.21. The number of nitrogens with one attached hydrogen (secondary N) is 1. The molecule has 148 valence electrons. The monoisotopic (exact) mass is 394 g/mol. The highest BCUT2D eigenvalue weighted by Crippen LogP contribution is 2.35. The molecule has 0 saturated heterocycles. The van der Waals surface area contributed by atoms with Crippen molar-refractivity contribution < 1.29 is 23.1 Å². The number of aromatic nitrogens is 1. The lowest BCUT2D eigenvalue weighted by Gasteiger charge is -2.20. The minimum Gasteiger partial charge on any atom is -0.464 e. The van der Waals surface area contributed by atoms with E-state index in [4.69, 9.17) is 9.15 Å². The van der Waals surface area contributed by atoms with Gasteiger partial charge < -0.3 is 19.0 Å². The van der Waals surface area contributed by atoms with E-state index in [1.807, 2.05) is 31.2 Å². The number of carbonyl (C=O) groups is 2. The van der Waals surface area contributed by atoms with Crippen LogP contribution in [0.5, 0.6) is 0 Å². The van der Waals surface area contributed by atoms with Crippen LogP contribution in [0.2, 0.25) is 0 Å². The van der Waals surface area contributed by atoms with E-state index in [0.29, 0.717) is 23.1 Å². The number of fused-ring (bicyclic) bond motifs is 3. The zero-order valence-corrected chi connectivity index (χ0v) is 15.9. The van der Waals surface area contributed by atoms with E-state index in [1.165, 1.54) is 19.2 Å². The molecule has 2 heterocycles. The lowest BCUT2D eigenvalue weighted by Crippen LogP contribution is -2.28. The third-order valence-electron chi connectivity index (χ3n) is 4.89. The van der Waals surface area contributed by atoms with Gasteiger partial charge in [0.1, 0.15) is 23.1 Å². The van der Waals surface area contributed by atoms with Crippen molar-refractivity contribution in [2.24, 2.45) is 0 Å². The maximum absolute atomic E-state index is 14.0. The number of rotatable bonds is 5. The van der Waals surface area contributed by atoms with Crippen molar-refractivity contribution >= 4 is 39.6 Å². The molecule has 4 rings (SSSR count). The number of ether oxygens (including phenoxy) is 1. The summed E-state index contributed by atoms with van der Waals surface area (Å²) < 4.78 is 26.4. The van der Waals surface area contributed by atoms with Gasteiger partial charge in [0.15, 0.2) is 5.58 Å². The van der Waals surface area contributed by atoms with Gasteiger partial charge in [0.05, 0.1) is 18.3 Å². The van der Waals surface area contributed by atoms with Crippen LogP contribution in [-0.2, 0) is 9.53 Å². The third kappa shape index (κ3) is 3.14. The molecule has 4 aromatic rings. The Bertz CT molecular complexity index is 1220. The first-order chi connectivity index (χ1) is 14.0. The Labute approximate surface area is 165 Å². The van der Waals surface area contributed by atoms with E-state index in [-0.39, 0.29) is 11.4 Å². The number of nitrogens with zero attached hydrogens (tertiary/aromatic N) is 1. The first-order valence-electron chi connectivity index (χ1n) is 9.21. The molecule has 6 nitrogen and oxygen atoms in total. The smallest absolute Gasteiger partial charge is 0.354 e. The summed E-state index contributed by atoms with van der Waals surface area (Å²) >= 11 is 0. The number of esters is 1. The largest absolute Gasteiger partial charge is 0.464 e. The molecule has 1 unspecified atom stereocenters. The Morgan fingerprint density at radius 3 is 2.59 bits per heavy atom. The van der Waals surface area contributed by atoms with Gasteiger partial charge in [-0.1, -0.05) is 31.2 Å². The normalized spacial score (nSPS) is 12.2. The van der Waals surface area contributed by atoms with Crippen LogP contribution in [0.3, 0.4) is 0 Å². The molecule has 1 N–H and O–H groups in total. The van der Waals surface area contributed by atoms with Crippen LogP contribution in [-0.4, -0.2) is 23.6 Å². The van der Waals surface area contributed by atoms with Gasteiger partial charge in [0, 0.05) is 11.5 Å². The molecule has 0 saturated carbocycles. The van der Waals surface area contributed by atoms with Crippen LogP contribution in [0, 0.1) is 5.82 Å². The molecule has 0 bridgehead atoms. The van der Waals surface area contributed by atoms with Crippen molar-refractivity contribution in [1.29, 1.82) is 0 Å². The maximum Gasteiger partial charge on any atom is 0.354 e. The fourth-order valence-corrected chi connectivity index (χ4v) is 3.56. The number of para-hydroxylation sites is 2. The molecule has 2 aromatic carbocycles. The highest BCUT2D eigenvalue weighted by Gasteiger charge is 2.29. The van der Waals surface area contributed by atoms with Gasteiger partial charge in [0.2, 0.25) is 5.91 Å². The Morgan fingerprint density at radius 1 is 1.14 bits per heavy atom. The van der Waals surface area contributed by atoms with Crippen molar-refractivity contribution in [1.82, 2.24) is 4.57 Å². The summed E-state index contributed by atoms with van der Waals surface area (Å²) in [5, 5.41) is 3.39. The molecule has 0 radical (unpaired) electrons. The molecule has 1 atom stereocenters. The van der Waals surface area contributed by atoms with E-state index >= 15 is 0 Å². The second kappa shape index (κ2) is 7.43. The molecular weight excluding hydrogens is 375 g/mol. The van der Waals surface area contributed by atoms with Crippen molar-refractivity contribution in [2.75, 3.05) is 12.4 Å². The summed E-state index contributed by atoms with van der Waals surface area (Å²) in [5.41, 5.74) is 2.02. The number of anilines is 1. The van der Waals surface area contributed by atoms with Crippen LogP contribution in [0.1, 0.15) is 29.9 Å². The van der Waals surface area contributed by atoms with Gasteiger partial charge in [0.25, 0.3) is 0 Å². The van der Waals surface area contributed by atoms with Gasteiger partial charge in [-0.3, -0.25) is 4.79 Å². The molecule has 0 aliphatic carbocycles. The molecule has 1 amide bonds. The number of benzene rings is 2. The topological polar surface area (TPSA) is 73.5 Å². The average Bonchev–Trinajstić information content (AvgIpc) is 3.26. The van der Waals surface area contributed by atoms with Gasteiger partial charge in [-0.05, 0) is 30.7 Å². The van der Waals surface area contributed by atoms with E-state index in [1.54, 1.807) is 22.8 Å². The molecule has 0 spiro atoms. The Hall–Kier alpha value is -3.61. The van der Waals surface area contributed by atoms with Crippen LogP contribution < -0.4 is 5.32 Å². The van der Waals surface area contributed by atoms with Crippen molar-refractivity contribution in [3.63, 3.8) is 0 Å². The van der Waals surface area contributed by atoms with Crippen LogP contribution in [0.4, 0.5) is 10.1 Å². The number of furan rings is 1.